The van der Waals surface area contributed by atoms with E-state index in [-0.39, 0.29) is 0 Å². The zero-order chi connectivity index (χ0) is 8.69. The highest BCUT2D eigenvalue weighted by molar-refractivity contribution is 5.36. The van der Waals surface area contributed by atoms with Gasteiger partial charge in [-0.2, -0.15) is 0 Å². The van der Waals surface area contributed by atoms with Crippen LogP contribution in [0.25, 0.3) is 0 Å². The number of hydrogen-bond donors (Lipinski definition) is 0. The Morgan fingerprint density at radius 1 is 1.36 bits per heavy atom. The number of hydrogen-bond acceptors (Lipinski definition) is 0. The third-order valence-corrected chi connectivity index (χ3v) is 1.44. The highest BCUT2D eigenvalue weighted by atomic mass is 14.0. The Morgan fingerprint density at radius 3 is 2.45 bits per heavy atom. The molecule has 0 bridgehead atoms. The minimum Gasteiger partial charge on any atom is -0.0991 e. The molecule has 0 saturated heterocycles. The van der Waals surface area contributed by atoms with E-state index in [1.807, 2.05) is 12.2 Å². The molecule has 0 aromatic rings. The third kappa shape index (κ3) is 4.38. The molecular formula is C11H16. The van der Waals surface area contributed by atoms with Gasteiger partial charge in [0.2, 0.25) is 0 Å². The minimum absolute atomic E-state index is 1.01. The molecule has 0 aromatic heterocycles. The standard InChI is InChI=1S/C11H16/c1-5-7-9-11(4)10(3)8-6-2/h5,7,9H,1,3-4,6,8H2,2H3/b9-7-. The maximum absolute atomic E-state index is 3.91. The highest BCUT2D eigenvalue weighted by Gasteiger charge is 1.92. The van der Waals surface area contributed by atoms with E-state index in [4.69, 9.17) is 0 Å². The number of allylic oxidation sites excluding steroid dienone is 5. The van der Waals surface area contributed by atoms with Crippen molar-refractivity contribution >= 4 is 0 Å². The first-order valence-corrected chi connectivity index (χ1v) is 3.88. The van der Waals surface area contributed by atoms with Crippen LogP contribution in [-0.4, -0.2) is 0 Å². The zero-order valence-corrected chi connectivity index (χ0v) is 7.27. The third-order valence-electron chi connectivity index (χ3n) is 1.44. The summed E-state index contributed by atoms with van der Waals surface area (Å²) in [6.45, 7) is 13.5. The SMILES string of the molecule is C=C/C=C\C(=C)C(=C)CCC. The van der Waals surface area contributed by atoms with Gasteiger partial charge >= 0.3 is 0 Å². The van der Waals surface area contributed by atoms with Crippen molar-refractivity contribution in [3.05, 3.63) is 49.1 Å². The Hall–Kier alpha value is -1.04. The summed E-state index contributed by atoms with van der Waals surface area (Å²) in [5.41, 5.74) is 2.12. The molecule has 0 aromatic carbocycles. The maximum Gasteiger partial charge on any atom is -0.0282 e. The molecule has 11 heavy (non-hydrogen) atoms. The van der Waals surface area contributed by atoms with Crippen molar-refractivity contribution in [3.8, 4) is 0 Å². The van der Waals surface area contributed by atoms with Crippen LogP contribution in [0.15, 0.2) is 49.1 Å². The molecule has 0 radical (unpaired) electrons. The molecule has 0 rings (SSSR count). The Kier molecular flexibility index (Phi) is 5.18. The summed E-state index contributed by atoms with van der Waals surface area (Å²) in [6.07, 6.45) is 7.71. The fourth-order valence-electron chi connectivity index (χ4n) is 0.764. The van der Waals surface area contributed by atoms with Crippen LogP contribution in [0.5, 0.6) is 0 Å². The quantitative estimate of drug-likeness (QED) is 0.522. The molecule has 0 heterocycles. The molecule has 0 nitrogen and oxygen atoms in total. The van der Waals surface area contributed by atoms with Crippen LogP contribution in [0.3, 0.4) is 0 Å². The second kappa shape index (κ2) is 5.72. The van der Waals surface area contributed by atoms with E-state index in [0.29, 0.717) is 0 Å². The predicted molar refractivity (Wildman–Crippen MR) is 52.5 cm³/mol. The van der Waals surface area contributed by atoms with Crippen LogP contribution in [0.2, 0.25) is 0 Å². The van der Waals surface area contributed by atoms with Crippen LogP contribution in [-0.2, 0) is 0 Å². The lowest BCUT2D eigenvalue weighted by Gasteiger charge is -2.01. The van der Waals surface area contributed by atoms with Crippen LogP contribution in [0.4, 0.5) is 0 Å². The average Bonchev–Trinajstić information content (AvgIpc) is 2.00. The summed E-state index contributed by atoms with van der Waals surface area (Å²) in [5.74, 6) is 0. The average molecular weight is 148 g/mol. The first-order valence-electron chi connectivity index (χ1n) is 3.88. The van der Waals surface area contributed by atoms with E-state index in [1.54, 1.807) is 6.08 Å². The highest BCUT2D eigenvalue weighted by Crippen LogP contribution is 2.12. The Morgan fingerprint density at radius 2 is 2.00 bits per heavy atom. The molecule has 0 heteroatoms. The van der Waals surface area contributed by atoms with E-state index in [2.05, 4.69) is 26.7 Å². The summed E-state index contributed by atoms with van der Waals surface area (Å²) >= 11 is 0. The van der Waals surface area contributed by atoms with Gasteiger partial charge in [-0.3, -0.25) is 0 Å². The van der Waals surface area contributed by atoms with E-state index in [0.717, 1.165) is 24.0 Å². The van der Waals surface area contributed by atoms with Crippen molar-refractivity contribution in [2.45, 2.75) is 19.8 Å². The van der Waals surface area contributed by atoms with Gasteiger partial charge in [0.1, 0.15) is 0 Å². The Labute approximate surface area is 69.6 Å². The van der Waals surface area contributed by atoms with E-state index < -0.39 is 0 Å². The van der Waals surface area contributed by atoms with Gasteiger partial charge in [-0.05, 0) is 17.6 Å². The lowest BCUT2D eigenvalue weighted by atomic mass is 10.0. The molecule has 0 aliphatic heterocycles. The molecule has 0 fully saturated rings. The Balaban J connectivity index is 3.92. The van der Waals surface area contributed by atoms with Crippen molar-refractivity contribution in [2.75, 3.05) is 0 Å². The van der Waals surface area contributed by atoms with Gasteiger partial charge in [0.05, 0.1) is 0 Å². The largest absolute Gasteiger partial charge is 0.0991 e. The summed E-state index contributed by atoms with van der Waals surface area (Å²) in [6, 6.07) is 0. The molecule has 0 spiro atoms. The maximum atomic E-state index is 3.91. The molecule has 0 unspecified atom stereocenters. The van der Waals surface area contributed by atoms with Crippen molar-refractivity contribution in [1.29, 1.82) is 0 Å². The fraction of sp³-hybridized carbons (Fsp3) is 0.273. The van der Waals surface area contributed by atoms with Gasteiger partial charge < -0.3 is 0 Å². The minimum atomic E-state index is 1.01. The second-order valence-corrected chi connectivity index (χ2v) is 2.47. The normalized spacial score (nSPS) is 9.91. The molecule has 0 N–H and O–H groups in total. The van der Waals surface area contributed by atoms with E-state index in [1.165, 1.54) is 0 Å². The molecule has 0 amide bonds. The van der Waals surface area contributed by atoms with Gasteiger partial charge in [0.25, 0.3) is 0 Å². The Bertz CT molecular complexity index is 182. The van der Waals surface area contributed by atoms with Crippen molar-refractivity contribution in [1.82, 2.24) is 0 Å². The molecule has 0 saturated carbocycles. The monoisotopic (exact) mass is 148 g/mol. The van der Waals surface area contributed by atoms with Crippen LogP contribution in [0, 0.1) is 0 Å². The first-order chi connectivity index (χ1) is 5.22. The molecular weight excluding hydrogens is 132 g/mol. The molecule has 0 atom stereocenters. The van der Waals surface area contributed by atoms with Crippen LogP contribution < -0.4 is 0 Å². The van der Waals surface area contributed by atoms with Gasteiger partial charge in [-0.15, -0.1) is 0 Å². The first kappa shape index (κ1) is 9.96. The van der Waals surface area contributed by atoms with E-state index >= 15 is 0 Å². The molecule has 60 valence electrons. The summed E-state index contributed by atoms with van der Waals surface area (Å²) in [5, 5.41) is 0. The van der Waals surface area contributed by atoms with Crippen molar-refractivity contribution in [3.63, 3.8) is 0 Å². The number of rotatable bonds is 5. The molecule has 0 aliphatic rings. The summed E-state index contributed by atoms with van der Waals surface area (Å²) < 4.78 is 0. The smallest absolute Gasteiger partial charge is 0.0282 e. The van der Waals surface area contributed by atoms with Gasteiger partial charge in [0, 0.05) is 0 Å². The van der Waals surface area contributed by atoms with Gasteiger partial charge in [0.15, 0.2) is 0 Å². The van der Waals surface area contributed by atoms with E-state index in [9.17, 15) is 0 Å². The predicted octanol–water partition coefficient (Wildman–Crippen LogP) is 3.64. The summed E-state index contributed by atoms with van der Waals surface area (Å²) in [4.78, 5) is 0. The van der Waals surface area contributed by atoms with Crippen molar-refractivity contribution < 1.29 is 0 Å². The van der Waals surface area contributed by atoms with Gasteiger partial charge in [-0.25, -0.2) is 0 Å². The van der Waals surface area contributed by atoms with Crippen LogP contribution in [0.1, 0.15) is 19.8 Å². The zero-order valence-electron chi connectivity index (χ0n) is 7.27. The topological polar surface area (TPSA) is 0 Å². The lowest BCUT2D eigenvalue weighted by molar-refractivity contribution is 0.922. The van der Waals surface area contributed by atoms with Crippen molar-refractivity contribution in [2.24, 2.45) is 0 Å². The summed E-state index contributed by atoms with van der Waals surface area (Å²) in [7, 11) is 0. The lowest BCUT2D eigenvalue weighted by Crippen LogP contribution is -1.81. The fourth-order valence-corrected chi connectivity index (χ4v) is 0.764. The van der Waals surface area contributed by atoms with Crippen LogP contribution >= 0.6 is 0 Å². The molecule has 0 aliphatic carbocycles. The van der Waals surface area contributed by atoms with Gasteiger partial charge in [-0.1, -0.05) is 51.3 Å². The second-order valence-electron chi connectivity index (χ2n) is 2.47.